The van der Waals surface area contributed by atoms with Gasteiger partial charge in [0, 0.05) is 5.41 Å². The normalized spacial score (nSPS) is 12.0. The molecule has 0 unspecified atom stereocenters. The standard InChI is InChI=1S/C12H15N3O2/c1-7-10(12(2,3)4)13-9-6-5-8(11(16)17)14-15(7)9/h5-6H,1-4H3,(H,16,17). The second-order valence-electron chi connectivity index (χ2n) is 5.09. The second kappa shape index (κ2) is 3.55. The smallest absolute Gasteiger partial charge is 0.356 e. The third-order valence-corrected chi connectivity index (χ3v) is 2.63. The molecule has 0 radical (unpaired) electrons. The fourth-order valence-electron chi connectivity index (χ4n) is 1.87. The summed E-state index contributed by atoms with van der Waals surface area (Å²) in [6.45, 7) is 8.11. The van der Waals surface area contributed by atoms with Crippen LogP contribution in [0.5, 0.6) is 0 Å². The number of aryl methyl sites for hydroxylation is 1. The first kappa shape index (κ1) is 11.6. The molecule has 2 aromatic rings. The predicted molar refractivity (Wildman–Crippen MR) is 63.4 cm³/mol. The lowest BCUT2D eigenvalue weighted by Crippen LogP contribution is -2.13. The van der Waals surface area contributed by atoms with E-state index >= 15 is 0 Å². The van der Waals surface area contributed by atoms with Crippen molar-refractivity contribution in [1.82, 2.24) is 14.6 Å². The average molecular weight is 233 g/mol. The van der Waals surface area contributed by atoms with E-state index < -0.39 is 5.97 Å². The van der Waals surface area contributed by atoms with E-state index in [1.165, 1.54) is 6.07 Å². The maximum Gasteiger partial charge on any atom is 0.356 e. The molecule has 90 valence electrons. The molecule has 0 saturated heterocycles. The molecule has 0 aromatic carbocycles. The summed E-state index contributed by atoms with van der Waals surface area (Å²) in [7, 11) is 0. The van der Waals surface area contributed by atoms with Gasteiger partial charge in [0.2, 0.25) is 0 Å². The van der Waals surface area contributed by atoms with Gasteiger partial charge in [0.25, 0.3) is 0 Å². The van der Waals surface area contributed by atoms with E-state index in [0.29, 0.717) is 5.65 Å². The van der Waals surface area contributed by atoms with Gasteiger partial charge >= 0.3 is 5.97 Å². The lowest BCUT2D eigenvalue weighted by atomic mass is 9.91. The topological polar surface area (TPSA) is 67.5 Å². The Kier molecular flexibility index (Phi) is 2.41. The first-order valence-electron chi connectivity index (χ1n) is 5.41. The van der Waals surface area contributed by atoms with Crippen molar-refractivity contribution in [1.29, 1.82) is 0 Å². The summed E-state index contributed by atoms with van der Waals surface area (Å²) in [6, 6.07) is 3.15. The van der Waals surface area contributed by atoms with Crippen LogP contribution in [-0.2, 0) is 5.41 Å². The molecular formula is C12H15N3O2. The first-order chi connectivity index (χ1) is 7.80. The number of aromatic nitrogens is 3. The molecule has 2 heterocycles. The fraction of sp³-hybridized carbons (Fsp3) is 0.417. The van der Waals surface area contributed by atoms with Crippen LogP contribution in [0.15, 0.2) is 12.1 Å². The molecule has 0 spiro atoms. The molecule has 17 heavy (non-hydrogen) atoms. The van der Waals surface area contributed by atoms with Crippen LogP contribution in [0.1, 0.15) is 42.6 Å². The third-order valence-electron chi connectivity index (χ3n) is 2.63. The van der Waals surface area contributed by atoms with Crippen molar-refractivity contribution in [3.63, 3.8) is 0 Å². The minimum atomic E-state index is -1.03. The van der Waals surface area contributed by atoms with E-state index in [-0.39, 0.29) is 11.1 Å². The lowest BCUT2D eigenvalue weighted by molar-refractivity contribution is 0.0689. The Labute approximate surface area is 99.1 Å². The highest BCUT2D eigenvalue weighted by Gasteiger charge is 2.22. The van der Waals surface area contributed by atoms with Crippen LogP contribution >= 0.6 is 0 Å². The van der Waals surface area contributed by atoms with E-state index in [4.69, 9.17) is 5.11 Å². The van der Waals surface area contributed by atoms with E-state index in [0.717, 1.165) is 11.4 Å². The fourth-order valence-corrected chi connectivity index (χ4v) is 1.87. The molecule has 0 aliphatic carbocycles. The summed E-state index contributed by atoms with van der Waals surface area (Å²) in [5, 5.41) is 13.0. The highest BCUT2D eigenvalue weighted by atomic mass is 16.4. The van der Waals surface area contributed by atoms with Crippen molar-refractivity contribution in [3.8, 4) is 0 Å². The zero-order valence-corrected chi connectivity index (χ0v) is 10.4. The summed E-state index contributed by atoms with van der Waals surface area (Å²) in [5.74, 6) is -1.03. The van der Waals surface area contributed by atoms with Gasteiger partial charge in [0.05, 0.1) is 11.4 Å². The Bertz CT molecular complexity index is 594. The van der Waals surface area contributed by atoms with E-state index in [2.05, 4.69) is 30.9 Å². The molecule has 0 saturated carbocycles. The average Bonchev–Trinajstić information content (AvgIpc) is 2.55. The van der Waals surface area contributed by atoms with Crippen LogP contribution in [0.3, 0.4) is 0 Å². The van der Waals surface area contributed by atoms with Gasteiger partial charge in [0.15, 0.2) is 11.3 Å². The maximum atomic E-state index is 10.9. The van der Waals surface area contributed by atoms with Crippen molar-refractivity contribution in [2.24, 2.45) is 0 Å². The number of carboxylic acid groups (broad SMARTS) is 1. The predicted octanol–water partition coefficient (Wildman–Crippen LogP) is 2.03. The molecular weight excluding hydrogens is 218 g/mol. The van der Waals surface area contributed by atoms with Crippen molar-refractivity contribution in [2.45, 2.75) is 33.1 Å². The number of rotatable bonds is 1. The van der Waals surface area contributed by atoms with Crippen LogP contribution in [-0.4, -0.2) is 25.7 Å². The third kappa shape index (κ3) is 1.88. The van der Waals surface area contributed by atoms with Crippen LogP contribution in [0.25, 0.3) is 5.65 Å². The Morgan fingerprint density at radius 3 is 2.53 bits per heavy atom. The highest BCUT2D eigenvalue weighted by molar-refractivity contribution is 5.85. The van der Waals surface area contributed by atoms with Gasteiger partial charge in [0.1, 0.15) is 0 Å². The first-order valence-corrected chi connectivity index (χ1v) is 5.41. The van der Waals surface area contributed by atoms with Gasteiger partial charge in [-0.05, 0) is 19.1 Å². The minimum absolute atomic E-state index is 0.0264. The van der Waals surface area contributed by atoms with Crippen molar-refractivity contribution >= 4 is 11.6 Å². The Hall–Kier alpha value is -1.91. The number of nitrogens with zero attached hydrogens (tertiary/aromatic N) is 3. The number of imidazole rings is 1. The number of fused-ring (bicyclic) bond motifs is 1. The Morgan fingerprint density at radius 2 is 2.00 bits per heavy atom. The van der Waals surface area contributed by atoms with Gasteiger partial charge in [-0.2, -0.15) is 5.10 Å². The molecule has 0 atom stereocenters. The Morgan fingerprint density at radius 1 is 1.35 bits per heavy atom. The number of hydrogen-bond donors (Lipinski definition) is 1. The summed E-state index contributed by atoms with van der Waals surface area (Å²) in [6.07, 6.45) is 0. The summed E-state index contributed by atoms with van der Waals surface area (Å²) in [5.41, 5.74) is 2.44. The molecule has 0 fully saturated rings. The van der Waals surface area contributed by atoms with Crippen LogP contribution in [0.2, 0.25) is 0 Å². The van der Waals surface area contributed by atoms with Crippen molar-refractivity contribution in [3.05, 3.63) is 29.2 Å². The van der Waals surface area contributed by atoms with Gasteiger partial charge in [-0.15, -0.1) is 0 Å². The zero-order chi connectivity index (χ0) is 12.8. The lowest BCUT2D eigenvalue weighted by Gasteiger charge is -2.15. The summed E-state index contributed by atoms with van der Waals surface area (Å²) >= 11 is 0. The molecule has 0 aliphatic heterocycles. The van der Waals surface area contributed by atoms with E-state index in [1.807, 2.05) is 6.92 Å². The summed E-state index contributed by atoms with van der Waals surface area (Å²) in [4.78, 5) is 15.4. The molecule has 2 rings (SSSR count). The molecule has 2 aromatic heterocycles. The van der Waals surface area contributed by atoms with Crippen molar-refractivity contribution in [2.75, 3.05) is 0 Å². The summed E-state index contributed by atoms with van der Waals surface area (Å²) < 4.78 is 1.59. The molecule has 5 nitrogen and oxygen atoms in total. The molecule has 0 amide bonds. The molecule has 5 heteroatoms. The molecule has 1 N–H and O–H groups in total. The SMILES string of the molecule is Cc1c(C(C)(C)C)nc2ccc(C(=O)O)nn12. The second-order valence-corrected chi connectivity index (χ2v) is 5.09. The van der Waals surface area contributed by atoms with Gasteiger partial charge in [-0.25, -0.2) is 14.3 Å². The van der Waals surface area contributed by atoms with Crippen LogP contribution < -0.4 is 0 Å². The van der Waals surface area contributed by atoms with E-state index in [1.54, 1.807) is 10.6 Å². The van der Waals surface area contributed by atoms with E-state index in [9.17, 15) is 4.79 Å². The number of hydrogen-bond acceptors (Lipinski definition) is 3. The van der Waals surface area contributed by atoms with Crippen molar-refractivity contribution < 1.29 is 9.90 Å². The quantitative estimate of drug-likeness (QED) is 0.818. The van der Waals surface area contributed by atoms with Gasteiger partial charge in [-0.1, -0.05) is 20.8 Å². The van der Waals surface area contributed by atoms with Crippen LogP contribution in [0, 0.1) is 6.92 Å². The zero-order valence-electron chi connectivity index (χ0n) is 10.4. The number of carbonyl (C=O) groups is 1. The Balaban J connectivity index is 2.71. The monoisotopic (exact) mass is 233 g/mol. The molecule has 0 aliphatic rings. The molecule has 0 bridgehead atoms. The number of carboxylic acids is 1. The largest absolute Gasteiger partial charge is 0.476 e. The van der Waals surface area contributed by atoms with Crippen LogP contribution in [0.4, 0.5) is 0 Å². The maximum absolute atomic E-state index is 10.9. The number of aromatic carboxylic acids is 1. The minimum Gasteiger partial charge on any atom is -0.476 e. The van der Waals surface area contributed by atoms with Gasteiger partial charge in [-0.3, -0.25) is 0 Å². The van der Waals surface area contributed by atoms with Gasteiger partial charge < -0.3 is 5.11 Å². The highest BCUT2D eigenvalue weighted by Crippen LogP contribution is 2.25.